The molecular weight excluding hydrogens is 284 g/mol. The number of benzene rings is 1. The highest BCUT2D eigenvalue weighted by Crippen LogP contribution is 2.29. The highest BCUT2D eigenvalue weighted by molar-refractivity contribution is 7.99. The number of amides is 2. The Morgan fingerprint density at radius 1 is 1.38 bits per heavy atom. The molecule has 0 aliphatic heterocycles. The van der Waals surface area contributed by atoms with Gasteiger partial charge in [0.25, 0.3) is 0 Å². The molecule has 2 N–H and O–H groups in total. The summed E-state index contributed by atoms with van der Waals surface area (Å²) >= 11 is 1.99. The Labute approximate surface area is 130 Å². The van der Waals surface area contributed by atoms with Crippen molar-refractivity contribution in [3.05, 3.63) is 29.8 Å². The molecular formula is C16H24N2O2S. The van der Waals surface area contributed by atoms with Gasteiger partial charge in [-0.05, 0) is 42.7 Å². The topological polar surface area (TPSA) is 52.6 Å². The van der Waals surface area contributed by atoms with Crippen LogP contribution in [-0.2, 0) is 6.54 Å². The first-order valence-corrected chi connectivity index (χ1v) is 8.54. The van der Waals surface area contributed by atoms with Gasteiger partial charge in [0.1, 0.15) is 5.75 Å². The van der Waals surface area contributed by atoms with E-state index >= 15 is 0 Å². The maximum Gasteiger partial charge on any atom is 0.317 e. The zero-order valence-electron chi connectivity index (χ0n) is 12.7. The number of hydrogen-bond donors (Lipinski definition) is 2. The first-order valence-electron chi connectivity index (χ1n) is 7.49. The van der Waals surface area contributed by atoms with Crippen LogP contribution in [0.3, 0.4) is 0 Å². The standard InChI is InChI=1S/C16H24N2O2S/c1-3-21-15-9-6-13(10-15)17-16(20)18(2)11-12-4-7-14(19)8-5-12/h4-5,7-8,13,15,19H,3,6,9-11H2,1-2H3,(H,17,20)/t13-,15-/m0/s1. The Morgan fingerprint density at radius 2 is 2.10 bits per heavy atom. The van der Waals surface area contributed by atoms with E-state index in [0.29, 0.717) is 17.8 Å². The van der Waals surface area contributed by atoms with Crippen molar-refractivity contribution in [1.82, 2.24) is 10.2 Å². The van der Waals surface area contributed by atoms with Crippen LogP contribution >= 0.6 is 11.8 Å². The fraction of sp³-hybridized carbons (Fsp3) is 0.562. The van der Waals surface area contributed by atoms with Gasteiger partial charge in [-0.3, -0.25) is 0 Å². The zero-order chi connectivity index (χ0) is 15.2. The van der Waals surface area contributed by atoms with Crippen molar-refractivity contribution in [3.8, 4) is 5.75 Å². The largest absolute Gasteiger partial charge is 0.508 e. The van der Waals surface area contributed by atoms with Gasteiger partial charge in [0.05, 0.1) is 0 Å². The van der Waals surface area contributed by atoms with Gasteiger partial charge in [0, 0.05) is 24.9 Å². The lowest BCUT2D eigenvalue weighted by Crippen LogP contribution is -2.41. The third-order valence-electron chi connectivity index (χ3n) is 3.82. The van der Waals surface area contributed by atoms with Crippen LogP contribution in [0, 0.1) is 0 Å². The van der Waals surface area contributed by atoms with Crippen LogP contribution in [0.5, 0.6) is 5.75 Å². The summed E-state index contributed by atoms with van der Waals surface area (Å²) in [7, 11) is 1.80. The summed E-state index contributed by atoms with van der Waals surface area (Å²) in [5.41, 5.74) is 1.01. The average Bonchev–Trinajstić information content (AvgIpc) is 2.89. The van der Waals surface area contributed by atoms with Gasteiger partial charge in [0.2, 0.25) is 0 Å². The van der Waals surface area contributed by atoms with E-state index < -0.39 is 0 Å². The van der Waals surface area contributed by atoms with E-state index in [9.17, 15) is 9.90 Å². The summed E-state index contributed by atoms with van der Waals surface area (Å²) in [6, 6.07) is 7.25. The molecule has 1 fully saturated rings. The summed E-state index contributed by atoms with van der Waals surface area (Å²) in [5.74, 6) is 1.39. The van der Waals surface area contributed by atoms with Crippen molar-refractivity contribution in [1.29, 1.82) is 0 Å². The highest BCUT2D eigenvalue weighted by Gasteiger charge is 2.26. The minimum atomic E-state index is -0.0183. The number of phenols is 1. The normalized spacial score (nSPS) is 21.2. The molecule has 4 nitrogen and oxygen atoms in total. The number of rotatable bonds is 5. The minimum Gasteiger partial charge on any atom is -0.508 e. The molecule has 0 bridgehead atoms. The van der Waals surface area contributed by atoms with E-state index in [0.717, 1.165) is 24.2 Å². The molecule has 21 heavy (non-hydrogen) atoms. The quantitative estimate of drug-likeness (QED) is 0.878. The molecule has 116 valence electrons. The summed E-state index contributed by atoms with van der Waals surface area (Å²) in [5, 5.41) is 13.1. The van der Waals surface area contributed by atoms with Gasteiger partial charge >= 0.3 is 6.03 Å². The predicted octanol–water partition coefficient (Wildman–Crippen LogP) is 3.21. The van der Waals surface area contributed by atoms with Crippen molar-refractivity contribution < 1.29 is 9.90 Å². The van der Waals surface area contributed by atoms with Crippen LogP contribution in [0.25, 0.3) is 0 Å². The fourth-order valence-corrected chi connectivity index (χ4v) is 3.83. The zero-order valence-corrected chi connectivity index (χ0v) is 13.5. The van der Waals surface area contributed by atoms with E-state index in [2.05, 4.69) is 12.2 Å². The van der Waals surface area contributed by atoms with E-state index in [-0.39, 0.29) is 11.8 Å². The maximum absolute atomic E-state index is 12.2. The molecule has 5 heteroatoms. The minimum absolute atomic E-state index is 0.0183. The first kappa shape index (κ1) is 16.0. The summed E-state index contributed by atoms with van der Waals surface area (Å²) in [6.45, 7) is 2.73. The number of carbonyl (C=O) groups is 1. The van der Waals surface area contributed by atoms with Crippen LogP contribution in [0.1, 0.15) is 31.7 Å². The number of carbonyl (C=O) groups excluding carboxylic acids is 1. The van der Waals surface area contributed by atoms with E-state index in [1.54, 1.807) is 24.1 Å². The monoisotopic (exact) mass is 308 g/mol. The van der Waals surface area contributed by atoms with Gasteiger partial charge < -0.3 is 15.3 Å². The number of thioether (sulfide) groups is 1. The van der Waals surface area contributed by atoms with Crippen LogP contribution in [0.2, 0.25) is 0 Å². The second kappa shape index (κ2) is 7.59. The van der Waals surface area contributed by atoms with Gasteiger partial charge in [-0.1, -0.05) is 19.1 Å². The number of hydrogen-bond acceptors (Lipinski definition) is 3. The van der Waals surface area contributed by atoms with Crippen molar-refractivity contribution >= 4 is 17.8 Å². The average molecular weight is 308 g/mol. The molecule has 1 saturated carbocycles. The number of aromatic hydroxyl groups is 1. The molecule has 0 spiro atoms. The van der Waals surface area contributed by atoms with Crippen LogP contribution in [0.15, 0.2) is 24.3 Å². The second-order valence-corrected chi connectivity index (χ2v) is 7.14. The smallest absolute Gasteiger partial charge is 0.317 e. The molecule has 1 aliphatic rings. The second-order valence-electron chi connectivity index (χ2n) is 5.56. The molecule has 2 atom stereocenters. The molecule has 2 rings (SSSR count). The Bertz CT molecular complexity index is 464. The molecule has 2 amide bonds. The lowest BCUT2D eigenvalue weighted by Gasteiger charge is -2.21. The van der Waals surface area contributed by atoms with Crippen LogP contribution < -0.4 is 5.32 Å². The summed E-state index contributed by atoms with van der Waals surface area (Å²) in [6.07, 6.45) is 3.36. The lowest BCUT2D eigenvalue weighted by molar-refractivity contribution is 0.203. The molecule has 0 radical (unpaired) electrons. The molecule has 1 aliphatic carbocycles. The van der Waals surface area contributed by atoms with E-state index in [1.165, 1.54) is 6.42 Å². The Kier molecular flexibility index (Phi) is 5.79. The van der Waals surface area contributed by atoms with Crippen molar-refractivity contribution in [3.63, 3.8) is 0 Å². The predicted molar refractivity (Wildman–Crippen MR) is 87.7 cm³/mol. The number of nitrogens with one attached hydrogen (secondary N) is 1. The molecule has 0 unspecified atom stereocenters. The van der Waals surface area contributed by atoms with Gasteiger partial charge in [-0.25, -0.2) is 4.79 Å². The van der Waals surface area contributed by atoms with E-state index in [1.807, 2.05) is 23.9 Å². The fourth-order valence-electron chi connectivity index (χ4n) is 2.69. The molecule has 0 saturated heterocycles. The number of phenolic OH excluding ortho intramolecular Hbond substituents is 1. The van der Waals surface area contributed by atoms with E-state index in [4.69, 9.17) is 0 Å². The number of nitrogens with zero attached hydrogens (tertiary/aromatic N) is 1. The summed E-state index contributed by atoms with van der Waals surface area (Å²) < 4.78 is 0. The first-order chi connectivity index (χ1) is 10.1. The van der Waals surface area contributed by atoms with Crippen molar-refractivity contribution in [2.45, 2.75) is 44.0 Å². The van der Waals surface area contributed by atoms with Gasteiger partial charge in [-0.2, -0.15) is 11.8 Å². The Balaban J connectivity index is 1.79. The van der Waals surface area contributed by atoms with Crippen LogP contribution in [-0.4, -0.2) is 40.1 Å². The molecule has 0 aromatic heterocycles. The Morgan fingerprint density at radius 3 is 2.76 bits per heavy atom. The van der Waals surface area contributed by atoms with Gasteiger partial charge in [-0.15, -0.1) is 0 Å². The highest BCUT2D eigenvalue weighted by atomic mass is 32.2. The van der Waals surface area contributed by atoms with Crippen molar-refractivity contribution in [2.75, 3.05) is 12.8 Å². The maximum atomic E-state index is 12.2. The molecule has 0 heterocycles. The van der Waals surface area contributed by atoms with Crippen molar-refractivity contribution in [2.24, 2.45) is 0 Å². The van der Waals surface area contributed by atoms with Gasteiger partial charge in [0.15, 0.2) is 0 Å². The Hall–Kier alpha value is -1.36. The third kappa shape index (κ3) is 4.84. The van der Waals surface area contributed by atoms with Crippen LogP contribution in [0.4, 0.5) is 4.79 Å². The SMILES string of the molecule is CCS[C@H]1CC[C@H](NC(=O)N(C)Cc2ccc(O)cc2)C1. The summed E-state index contributed by atoms with van der Waals surface area (Å²) in [4.78, 5) is 13.9. The third-order valence-corrected chi connectivity index (χ3v) is 5.05. The molecule has 1 aromatic rings. The number of urea groups is 1. The molecule has 1 aromatic carbocycles. The lowest BCUT2D eigenvalue weighted by atomic mass is 10.2.